The molecule has 0 aliphatic carbocycles. The Morgan fingerprint density at radius 3 is 2.35 bits per heavy atom. The molecule has 1 N–H and O–H groups in total. The first kappa shape index (κ1) is 23.0. The number of carbonyl (C=O) groups excluding carboxylic acids is 2. The maximum Gasteiger partial charge on any atom is 0.244 e. The number of halogens is 1. The number of nitrogens with one attached hydrogen (secondary N) is 1. The van der Waals surface area contributed by atoms with Crippen molar-refractivity contribution in [2.75, 3.05) is 58.2 Å². The molecule has 3 rings (SSSR count). The Kier molecular flexibility index (Phi) is 8.64. The number of benzene rings is 2. The summed E-state index contributed by atoms with van der Waals surface area (Å²) in [5.74, 6) is -0.328. The third kappa shape index (κ3) is 7.51. The van der Waals surface area contributed by atoms with Gasteiger partial charge in [0, 0.05) is 39.8 Å². The lowest BCUT2D eigenvalue weighted by Gasteiger charge is -2.34. The number of nitrogens with zero attached hydrogens (tertiary/aromatic N) is 3. The van der Waals surface area contributed by atoms with E-state index in [9.17, 15) is 9.59 Å². The van der Waals surface area contributed by atoms with Crippen molar-refractivity contribution in [1.82, 2.24) is 14.7 Å². The standard InChI is InChI=1S/C24H29ClN4O2/c1-27(18-23(30)26-22-12-6-5-11-21(22)25)24(31)19-29-16-14-28(15-17-29)13-7-10-20-8-3-2-4-9-20/h2-12H,13-19H2,1H3,(H,26,30)/b10-7+. The van der Waals surface area contributed by atoms with Crippen molar-refractivity contribution in [3.8, 4) is 0 Å². The normalized spacial score (nSPS) is 15.2. The second-order valence-corrected chi connectivity index (χ2v) is 8.07. The molecule has 0 radical (unpaired) electrons. The minimum Gasteiger partial charge on any atom is -0.335 e. The fraction of sp³-hybridized carbons (Fsp3) is 0.333. The monoisotopic (exact) mass is 440 g/mol. The fourth-order valence-corrected chi connectivity index (χ4v) is 3.58. The Balaban J connectivity index is 1.36. The second kappa shape index (κ2) is 11.6. The zero-order valence-corrected chi connectivity index (χ0v) is 18.6. The molecule has 0 aromatic heterocycles. The van der Waals surface area contributed by atoms with E-state index in [1.165, 1.54) is 10.5 Å². The van der Waals surface area contributed by atoms with Gasteiger partial charge in [-0.2, -0.15) is 0 Å². The van der Waals surface area contributed by atoms with Crippen LogP contribution in [0, 0.1) is 0 Å². The molecule has 1 aliphatic rings. The highest BCUT2D eigenvalue weighted by Crippen LogP contribution is 2.20. The van der Waals surface area contributed by atoms with Crippen LogP contribution in [0.1, 0.15) is 5.56 Å². The van der Waals surface area contributed by atoms with Crippen LogP contribution in [0.2, 0.25) is 5.02 Å². The summed E-state index contributed by atoms with van der Waals surface area (Å²) in [6, 6.07) is 17.3. The van der Waals surface area contributed by atoms with E-state index in [-0.39, 0.29) is 18.4 Å². The number of carbonyl (C=O) groups is 2. The topological polar surface area (TPSA) is 55.9 Å². The Morgan fingerprint density at radius 1 is 1.00 bits per heavy atom. The van der Waals surface area contributed by atoms with Crippen molar-refractivity contribution < 1.29 is 9.59 Å². The highest BCUT2D eigenvalue weighted by atomic mass is 35.5. The number of anilines is 1. The van der Waals surface area contributed by atoms with Crippen LogP contribution in [-0.2, 0) is 9.59 Å². The van der Waals surface area contributed by atoms with Gasteiger partial charge in [-0.1, -0.05) is 66.2 Å². The van der Waals surface area contributed by atoms with Crippen LogP contribution in [0.3, 0.4) is 0 Å². The molecule has 0 bridgehead atoms. The van der Waals surface area contributed by atoms with Gasteiger partial charge in [-0.05, 0) is 17.7 Å². The predicted octanol–water partition coefficient (Wildman–Crippen LogP) is 3.07. The summed E-state index contributed by atoms with van der Waals surface area (Å²) < 4.78 is 0. The van der Waals surface area contributed by atoms with E-state index in [2.05, 4.69) is 39.4 Å². The average Bonchev–Trinajstić information content (AvgIpc) is 2.77. The SMILES string of the molecule is CN(CC(=O)Nc1ccccc1Cl)C(=O)CN1CCN(C/C=C/c2ccccc2)CC1. The first-order chi connectivity index (χ1) is 15.0. The molecule has 0 saturated carbocycles. The van der Waals surface area contributed by atoms with Gasteiger partial charge >= 0.3 is 0 Å². The molecule has 2 aromatic carbocycles. The van der Waals surface area contributed by atoms with Gasteiger partial charge in [-0.3, -0.25) is 19.4 Å². The Morgan fingerprint density at radius 2 is 1.65 bits per heavy atom. The number of amides is 2. The van der Waals surface area contributed by atoms with Crippen molar-refractivity contribution in [2.45, 2.75) is 0 Å². The highest BCUT2D eigenvalue weighted by Gasteiger charge is 2.21. The van der Waals surface area contributed by atoms with Gasteiger partial charge < -0.3 is 10.2 Å². The average molecular weight is 441 g/mol. The van der Waals surface area contributed by atoms with Crippen molar-refractivity contribution >= 4 is 35.2 Å². The van der Waals surface area contributed by atoms with Crippen LogP contribution >= 0.6 is 11.6 Å². The second-order valence-electron chi connectivity index (χ2n) is 7.67. The van der Waals surface area contributed by atoms with Crippen molar-refractivity contribution in [2.24, 2.45) is 0 Å². The third-order valence-electron chi connectivity index (χ3n) is 5.25. The number of hydrogen-bond acceptors (Lipinski definition) is 4. The molecule has 0 unspecified atom stereocenters. The number of likely N-dealkylation sites (N-methyl/N-ethyl adjacent to an activating group) is 1. The molecule has 0 spiro atoms. The van der Waals surface area contributed by atoms with Gasteiger partial charge in [0.15, 0.2) is 0 Å². The van der Waals surface area contributed by atoms with Crippen molar-refractivity contribution in [3.05, 3.63) is 71.3 Å². The summed E-state index contributed by atoms with van der Waals surface area (Å²) in [6.07, 6.45) is 4.32. The highest BCUT2D eigenvalue weighted by molar-refractivity contribution is 6.33. The molecular formula is C24H29ClN4O2. The molecule has 0 atom stereocenters. The van der Waals surface area contributed by atoms with Gasteiger partial charge in [-0.25, -0.2) is 0 Å². The lowest BCUT2D eigenvalue weighted by atomic mass is 10.2. The number of para-hydroxylation sites is 1. The summed E-state index contributed by atoms with van der Waals surface area (Å²) in [5.41, 5.74) is 1.75. The van der Waals surface area contributed by atoms with E-state index in [0.29, 0.717) is 17.3 Å². The maximum atomic E-state index is 12.5. The van der Waals surface area contributed by atoms with Gasteiger partial charge in [0.1, 0.15) is 0 Å². The van der Waals surface area contributed by atoms with Crippen LogP contribution in [-0.4, -0.2) is 79.4 Å². The van der Waals surface area contributed by atoms with E-state index in [4.69, 9.17) is 11.6 Å². The summed E-state index contributed by atoms with van der Waals surface area (Å²) in [6.45, 7) is 4.73. The van der Waals surface area contributed by atoms with E-state index in [1.54, 1.807) is 31.3 Å². The van der Waals surface area contributed by atoms with E-state index >= 15 is 0 Å². The van der Waals surface area contributed by atoms with E-state index in [1.807, 2.05) is 18.2 Å². The summed E-state index contributed by atoms with van der Waals surface area (Å²) in [7, 11) is 1.65. The number of rotatable bonds is 8. The zero-order valence-electron chi connectivity index (χ0n) is 17.8. The first-order valence-electron chi connectivity index (χ1n) is 10.5. The molecule has 2 amide bonds. The van der Waals surface area contributed by atoms with Gasteiger partial charge in [0.25, 0.3) is 0 Å². The molecule has 7 heteroatoms. The molecule has 1 fully saturated rings. The Labute approximate surface area is 189 Å². The fourth-order valence-electron chi connectivity index (χ4n) is 3.40. The van der Waals surface area contributed by atoms with Crippen molar-refractivity contribution in [1.29, 1.82) is 0 Å². The third-order valence-corrected chi connectivity index (χ3v) is 5.58. The molecule has 31 heavy (non-hydrogen) atoms. The molecule has 1 aliphatic heterocycles. The largest absolute Gasteiger partial charge is 0.335 e. The van der Waals surface area contributed by atoms with Gasteiger partial charge in [0.05, 0.1) is 23.8 Å². The molecule has 1 saturated heterocycles. The predicted molar refractivity (Wildman–Crippen MR) is 126 cm³/mol. The molecule has 6 nitrogen and oxygen atoms in total. The van der Waals surface area contributed by atoms with Crippen LogP contribution in [0.4, 0.5) is 5.69 Å². The lowest BCUT2D eigenvalue weighted by molar-refractivity contribution is -0.134. The van der Waals surface area contributed by atoms with Crippen LogP contribution < -0.4 is 5.32 Å². The zero-order chi connectivity index (χ0) is 22.1. The molecule has 164 valence electrons. The molecule has 2 aromatic rings. The van der Waals surface area contributed by atoms with Crippen LogP contribution in [0.5, 0.6) is 0 Å². The lowest BCUT2D eigenvalue weighted by Crippen LogP contribution is -2.50. The summed E-state index contributed by atoms with van der Waals surface area (Å²) in [5, 5.41) is 3.22. The summed E-state index contributed by atoms with van der Waals surface area (Å²) in [4.78, 5) is 30.7. The molecule has 1 heterocycles. The van der Waals surface area contributed by atoms with Crippen LogP contribution in [0.25, 0.3) is 6.08 Å². The number of piperazine rings is 1. The van der Waals surface area contributed by atoms with Crippen LogP contribution in [0.15, 0.2) is 60.7 Å². The van der Waals surface area contributed by atoms with Crippen molar-refractivity contribution in [3.63, 3.8) is 0 Å². The van der Waals surface area contributed by atoms with E-state index < -0.39 is 0 Å². The quantitative estimate of drug-likeness (QED) is 0.685. The van der Waals surface area contributed by atoms with Gasteiger partial charge in [0.2, 0.25) is 11.8 Å². The summed E-state index contributed by atoms with van der Waals surface area (Å²) >= 11 is 6.06. The van der Waals surface area contributed by atoms with Gasteiger partial charge in [-0.15, -0.1) is 0 Å². The molecular weight excluding hydrogens is 412 g/mol. The Bertz CT molecular complexity index is 895. The Hall–Kier alpha value is -2.67. The maximum absolute atomic E-state index is 12.5. The minimum absolute atomic E-state index is 0.00565. The smallest absolute Gasteiger partial charge is 0.244 e. The first-order valence-corrected chi connectivity index (χ1v) is 10.8. The minimum atomic E-state index is -0.265. The number of hydrogen-bond donors (Lipinski definition) is 1. The van der Waals surface area contributed by atoms with E-state index in [0.717, 1.165) is 32.7 Å².